The van der Waals surface area contributed by atoms with Crippen molar-refractivity contribution in [3.8, 4) is 5.75 Å². The largest absolute Gasteiger partial charge is 0.502 e. The fraction of sp³-hybridized carbons (Fsp3) is 0.125. The number of nitro benzene ring substituents is 1. The molecule has 0 atom stereocenters. The molecule has 1 aromatic carbocycles. The van der Waals surface area contributed by atoms with Gasteiger partial charge >= 0.3 is 5.69 Å². The van der Waals surface area contributed by atoms with Crippen LogP contribution in [-0.4, -0.2) is 15.8 Å². The minimum Gasteiger partial charge on any atom is -0.502 e. The lowest BCUT2D eigenvalue weighted by Gasteiger charge is -2.01. The molecule has 5 nitrogen and oxygen atoms in total. The molecular weight excluding hydrogens is 301 g/mol. The molecule has 14 heavy (non-hydrogen) atoms. The lowest BCUT2D eigenvalue weighted by atomic mass is 10.1. The van der Waals surface area contributed by atoms with E-state index < -0.39 is 16.4 Å². The summed E-state index contributed by atoms with van der Waals surface area (Å²) in [5.41, 5.74) is -0.203. The van der Waals surface area contributed by atoms with Gasteiger partial charge in [0.1, 0.15) is 0 Å². The maximum Gasteiger partial charge on any atom is 0.311 e. The first kappa shape index (κ1) is 10.9. The number of hydrogen-bond acceptors (Lipinski definition) is 4. The van der Waals surface area contributed by atoms with Gasteiger partial charge in [0, 0.05) is 21.3 Å². The molecule has 0 heterocycles. The number of ketones is 1. The smallest absolute Gasteiger partial charge is 0.311 e. The van der Waals surface area contributed by atoms with E-state index in [1.54, 1.807) is 0 Å². The molecule has 0 saturated heterocycles. The summed E-state index contributed by atoms with van der Waals surface area (Å²) >= 11 is 1.84. The fourth-order valence-corrected chi connectivity index (χ4v) is 1.80. The van der Waals surface area contributed by atoms with Crippen LogP contribution >= 0.6 is 22.6 Å². The number of nitrogens with zero attached hydrogens (tertiary/aromatic N) is 1. The van der Waals surface area contributed by atoms with Crippen molar-refractivity contribution in [2.45, 2.75) is 6.92 Å². The van der Waals surface area contributed by atoms with Crippen LogP contribution in [0.1, 0.15) is 17.3 Å². The van der Waals surface area contributed by atoms with Crippen LogP contribution < -0.4 is 0 Å². The van der Waals surface area contributed by atoms with Gasteiger partial charge in [-0.2, -0.15) is 0 Å². The van der Waals surface area contributed by atoms with Crippen molar-refractivity contribution in [1.82, 2.24) is 0 Å². The van der Waals surface area contributed by atoms with Crippen molar-refractivity contribution >= 4 is 34.1 Å². The third-order valence-electron chi connectivity index (χ3n) is 1.64. The zero-order chi connectivity index (χ0) is 10.9. The number of carbonyl (C=O) groups is 1. The molecular formula is C8H6INO4. The highest BCUT2D eigenvalue weighted by Crippen LogP contribution is 2.30. The number of hydrogen-bond donors (Lipinski definition) is 1. The Morgan fingerprint density at radius 2 is 2.14 bits per heavy atom. The predicted molar refractivity (Wildman–Crippen MR) is 57.5 cm³/mol. The van der Waals surface area contributed by atoms with Crippen LogP contribution in [0.3, 0.4) is 0 Å². The maximum atomic E-state index is 11.0. The van der Waals surface area contributed by atoms with E-state index in [-0.39, 0.29) is 11.3 Å². The van der Waals surface area contributed by atoms with Gasteiger partial charge in [0.15, 0.2) is 11.5 Å². The van der Waals surface area contributed by atoms with Gasteiger partial charge in [-0.1, -0.05) is 0 Å². The highest BCUT2D eigenvalue weighted by Gasteiger charge is 2.18. The van der Waals surface area contributed by atoms with Gasteiger partial charge in [0.05, 0.1) is 4.92 Å². The molecule has 0 aromatic heterocycles. The number of aromatic hydroxyl groups is 1. The van der Waals surface area contributed by atoms with Crippen molar-refractivity contribution in [2.24, 2.45) is 0 Å². The summed E-state index contributed by atoms with van der Waals surface area (Å²) in [6.07, 6.45) is 0. The number of carbonyl (C=O) groups excluding carboxylic acids is 1. The Balaban J connectivity index is 3.42. The second kappa shape index (κ2) is 3.91. The summed E-state index contributed by atoms with van der Waals surface area (Å²) < 4.78 is 0.498. The van der Waals surface area contributed by atoms with Crippen LogP contribution in [0.25, 0.3) is 0 Å². The summed E-state index contributed by atoms with van der Waals surface area (Å²) in [5.74, 6) is -0.693. The molecule has 0 bridgehead atoms. The Bertz CT molecular complexity index is 381. The third kappa shape index (κ3) is 2.00. The normalized spacial score (nSPS) is 9.86. The Labute approximate surface area is 93.0 Å². The lowest BCUT2D eigenvalue weighted by Crippen LogP contribution is -1.98. The van der Waals surface area contributed by atoms with Gasteiger partial charge in [-0.15, -0.1) is 0 Å². The average Bonchev–Trinajstić information content (AvgIpc) is 2.02. The molecule has 0 amide bonds. The maximum absolute atomic E-state index is 11.0. The van der Waals surface area contributed by atoms with Crippen molar-refractivity contribution in [1.29, 1.82) is 0 Å². The van der Waals surface area contributed by atoms with Crippen LogP contribution in [0.15, 0.2) is 12.1 Å². The molecule has 0 aliphatic carbocycles. The van der Waals surface area contributed by atoms with Crippen LogP contribution in [0.4, 0.5) is 5.69 Å². The molecule has 1 rings (SSSR count). The minimum atomic E-state index is -0.724. The Morgan fingerprint density at radius 1 is 1.57 bits per heavy atom. The quantitative estimate of drug-likeness (QED) is 0.393. The van der Waals surface area contributed by atoms with Gasteiger partial charge in [-0.3, -0.25) is 14.9 Å². The van der Waals surface area contributed by atoms with Gasteiger partial charge in [-0.25, -0.2) is 0 Å². The molecule has 0 aliphatic rings. The van der Waals surface area contributed by atoms with E-state index in [9.17, 15) is 20.0 Å². The first-order valence-electron chi connectivity index (χ1n) is 3.61. The lowest BCUT2D eigenvalue weighted by molar-refractivity contribution is -0.385. The molecule has 0 aliphatic heterocycles. The number of benzene rings is 1. The summed E-state index contributed by atoms with van der Waals surface area (Å²) in [6.45, 7) is 1.32. The van der Waals surface area contributed by atoms with Crippen LogP contribution in [0.2, 0.25) is 0 Å². The molecule has 1 aromatic rings. The van der Waals surface area contributed by atoms with Crippen LogP contribution in [0.5, 0.6) is 5.75 Å². The summed E-state index contributed by atoms with van der Waals surface area (Å²) in [7, 11) is 0. The highest BCUT2D eigenvalue weighted by atomic mass is 127. The standard InChI is InChI=1S/C8H6INO4/c1-4(11)5-2-7(10(13)14)8(12)3-6(5)9/h2-3,12H,1H3. The summed E-state index contributed by atoms with van der Waals surface area (Å²) in [6, 6.07) is 2.29. The van der Waals surface area contributed by atoms with Crippen LogP contribution in [-0.2, 0) is 0 Å². The summed E-state index contributed by atoms with van der Waals surface area (Å²) in [5, 5.41) is 19.6. The molecule has 0 fully saturated rings. The van der Waals surface area contributed by atoms with E-state index in [4.69, 9.17) is 0 Å². The first-order chi connectivity index (χ1) is 6.43. The zero-order valence-corrected chi connectivity index (χ0v) is 9.31. The molecule has 0 spiro atoms. The van der Waals surface area contributed by atoms with Gasteiger partial charge in [0.25, 0.3) is 0 Å². The van der Waals surface area contributed by atoms with Crippen molar-refractivity contribution in [3.05, 3.63) is 31.4 Å². The number of Topliss-reactive ketones (excluding diaryl/α,β-unsaturated/α-hetero) is 1. The number of halogens is 1. The van der Waals surface area contributed by atoms with Gasteiger partial charge < -0.3 is 5.11 Å². The van der Waals surface area contributed by atoms with Gasteiger partial charge in [-0.05, 0) is 29.5 Å². The van der Waals surface area contributed by atoms with Crippen molar-refractivity contribution < 1.29 is 14.8 Å². The second-order valence-electron chi connectivity index (χ2n) is 2.63. The van der Waals surface area contributed by atoms with Crippen molar-refractivity contribution in [3.63, 3.8) is 0 Å². The predicted octanol–water partition coefficient (Wildman–Crippen LogP) is 2.11. The Kier molecular flexibility index (Phi) is 3.04. The number of rotatable bonds is 2. The molecule has 6 heteroatoms. The number of nitro groups is 1. The number of phenols is 1. The topological polar surface area (TPSA) is 80.4 Å². The molecule has 0 unspecified atom stereocenters. The SMILES string of the molecule is CC(=O)c1cc([N+](=O)[O-])c(O)cc1I. The van der Waals surface area contributed by atoms with Crippen LogP contribution in [0, 0.1) is 13.7 Å². The van der Waals surface area contributed by atoms with E-state index in [0.717, 1.165) is 6.07 Å². The molecule has 1 N–H and O–H groups in total. The van der Waals surface area contributed by atoms with E-state index in [2.05, 4.69) is 0 Å². The number of phenolic OH excluding ortho intramolecular Hbond substituents is 1. The average molecular weight is 307 g/mol. The molecule has 74 valence electrons. The Morgan fingerprint density at radius 3 is 2.57 bits per heavy atom. The Hall–Kier alpha value is -1.18. The third-order valence-corrected chi connectivity index (χ3v) is 2.53. The minimum absolute atomic E-state index is 0.245. The van der Waals surface area contributed by atoms with Gasteiger partial charge in [0.2, 0.25) is 0 Å². The van der Waals surface area contributed by atoms with E-state index in [1.165, 1.54) is 13.0 Å². The highest BCUT2D eigenvalue weighted by molar-refractivity contribution is 14.1. The summed E-state index contributed by atoms with van der Waals surface area (Å²) in [4.78, 5) is 20.8. The van der Waals surface area contributed by atoms with Crippen molar-refractivity contribution in [2.75, 3.05) is 0 Å². The fourth-order valence-electron chi connectivity index (χ4n) is 0.967. The van der Waals surface area contributed by atoms with E-state index in [1.807, 2.05) is 22.6 Å². The molecule has 0 saturated carbocycles. The monoisotopic (exact) mass is 307 g/mol. The zero-order valence-electron chi connectivity index (χ0n) is 7.15. The second-order valence-corrected chi connectivity index (χ2v) is 3.80. The van der Waals surface area contributed by atoms with E-state index >= 15 is 0 Å². The van der Waals surface area contributed by atoms with E-state index in [0.29, 0.717) is 3.57 Å². The molecule has 0 radical (unpaired) electrons. The first-order valence-corrected chi connectivity index (χ1v) is 4.69.